The first-order chi connectivity index (χ1) is 9.67. The molecule has 1 aromatic heterocycles. The van der Waals surface area contributed by atoms with Gasteiger partial charge in [0.2, 0.25) is 0 Å². The van der Waals surface area contributed by atoms with Crippen molar-refractivity contribution >= 4 is 18.6 Å². The Morgan fingerprint density at radius 3 is 2.85 bits per heavy atom. The van der Waals surface area contributed by atoms with E-state index in [4.69, 9.17) is 10.8 Å². The number of aliphatic hydroxyl groups excluding tert-OH is 1. The second-order valence-electron chi connectivity index (χ2n) is 4.35. The van der Waals surface area contributed by atoms with Gasteiger partial charge in [0.15, 0.2) is 5.82 Å². The molecule has 1 aliphatic rings. The topological polar surface area (TPSA) is 76.4 Å². The molecule has 1 heterocycles. The van der Waals surface area contributed by atoms with Crippen LogP contribution in [0.2, 0.25) is 0 Å². The van der Waals surface area contributed by atoms with E-state index in [0.29, 0.717) is 11.2 Å². The van der Waals surface area contributed by atoms with Crippen LogP contribution in [-0.2, 0) is 0 Å². The summed E-state index contributed by atoms with van der Waals surface area (Å²) in [7, 11) is 0. The smallest absolute Gasteiger partial charge is 0.151 e. The van der Waals surface area contributed by atoms with Crippen LogP contribution in [-0.4, -0.2) is 27.5 Å². The number of hydrogen-bond acceptors (Lipinski definition) is 4. The third kappa shape index (κ3) is 3.36. The molecule has 110 valence electrons. The van der Waals surface area contributed by atoms with Crippen LogP contribution < -0.4 is 16.4 Å². The molecule has 0 radical (unpaired) electrons. The maximum atomic E-state index is 9.13. The predicted octanol–water partition coefficient (Wildman–Crippen LogP) is 0.544. The average Bonchev–Trinajstić information content (AvgIpc) is 3.07. The Kier molecular flexibility index (Phi) is 6.18. The molecule has 2 rings (SSSR count). The largest absolute Gasteiger partial charge is 0.396 e. The molecule has 1 aliphatic carbocycles. The number of hydrogen-bond donors (Lipinski definition) is 2. The van der Waals surface area contributed by atoms with E-state index in [2.05, 4.69) is 22.6 Å². The van der Waals surface area contributed by atoms with Gasteiger partial charge >= 0.3 is 0 Å². The second kappa shape index (κ2) is 7.65. The fourth-order valence-corrected chi connectivity index (χ4v) is 2.18. The fourth-order valence-electron chi connectivity index (χ4n) is 2.18. The fraction of sp³-hybridized carbons (Fsp3) is 0.467. The van der Waals surface area contributed by atoms with E-state index in [-0.39, 0.29) is 18.6 Å². The molecule has 3 N–H and O–H groups in total. The van der Waals surface area contributed by atoms with Crippen molar-refractivity contribution in [2.24, 2.45) is 16.6 Å². The number of rotatable bonds is 3. The van der Waals surface area contributed by atoms with E-state index in [0.717, 1.165) is 11.8 Å². The van der Waals surface area contributed by atoms with Gasteiger partial charge in [0, 0.05) is 18.7 Å². The highest BCUT2D eigenvalue weighted by Gasteiger charge is 2.20. The molecule has 20 heavy (non-hydrogen) atoms. The first-order valence-electron chi connectivity index (χ1n) is 6.96. The molecule has 5 nitrogen and oxygen atoms in total. The molecule has 5 heteroatoms. The van der Waals surface area contributed by atoms with E-state index in [1.54, 1.807) is 19.5 Å². The zero-order chi connectivity index (χ0) is 15.1. The molecule has 0 spiro atoms. The molecule has 0 fully saturated rings. The molecule has 0 saturated heterocycles. The number of aromatic nitrogens is 2. The van der Waals surface area contributed by atoms with Gasteiger partial charge < -0.3 is 15.4 Å². The zero-order valence-electron chi connectivity index (χ0n) is 12.5. The summed E-state index contributed by atoms with van der Waals surface area (Å²) in [6.45, 7) is 9.99. The van der Waals surface area contributed by atoms with Crippen molar-refractivity contribution in [1.82, 2.24) is 9.55 Å². The van der Waals surface area contributed by atoms with Crippen molar-refractivity contribution in [1.29, 1.82) is 0 Å². The number of nitrogens with zero attached hydrogens (tertiary/aromatic N) is 3. The van der Waals surface area contributed by atoms with Crippen molar-refractivity contribution in [3.05, 3.63) is 29.2 Å². The Bertz CT molecular complexity index is 586. The number of imidazole rings is 1. The molecule has 0 amide bonds. The van der Waals surface area contributed by atoms with Gasteiger partial charge in [-0.25, -0.2) is 9.98 Å². The molecule has 1 aromatic rings. The lowest BCUT2D eigenvalue weighted by Crippen LogP contribution is -2.33. The minimum Gasteiger partial charge on any atom is -0.396 e. The SMILES string of the molecule is C=c1/c(=C(N)\N=C/C)ncn1[C@@H]1C=C[C@@H](CO)C1.CC. The van der Waals surface area contributed by atoms with Crippen LogP contribution >= 0.6 is 0 Å². The van der Waals surface area contributed by atoms with Gasteiger partial charge in [0.1, 0.15) is 5.35 Å². The van der Waals surface area contributed by atoms with Gasteiger partial charge in [-0.1, -0.05) is 32.6 Å². The van der Waals surface area contributed by atoms with Crippen LogP contribution in [0, 0.1) is 5.92 Å². The maximum Gasteiger partial charge on any atom is 0.151 e. The summed E-state index contributed by atoms with van der Waals surface area (Å²) in [6.07, 6.45) is 8.32. The van der Waals surface area contributed by atoms with Crippen molar-refractivity contribution in [2.45, 2.75) is 33.2 Å². The molecule has 0 aromatic carbocycles. The maximum absolute atomic E-state index is 9.13. The van der Waals surface area contributed by atoms with Crippen molar-refractivity contribution in [3.8, 4) is 0 Å². The minimum absolute atomic E-state index is 0.176. The van der Waals surface area contributed by atoms with Crippen LogP contribution in [0.3, 0.4) is 0 Å². The van der Waals surface area contributed by atoms with Gasteiger partial charge in [0.25, 0.3) is 0 Å². The van der Waals surface area contributed by atoms with E-state index in [9.17, 15) is 0 Å². The minimum atomic E-state index is 0.176. The first kappa shape index (κ1) is 16.2. The Labute approximate surface area is 119 Å². The molecule has 0 aliphatic heterocycles. The highest BCUT2D eigenvalue weighted by molar-refractivity contribution is 5.61. The lowest BCUT2D eigenvalue weighted by molar-refractivity contribution is 0.244. The van der Waals surface area contributed by atoms with Crippen molar-refractivity contribution < 1.29 is 5.11 Å². The number of nitrogens with two attached hydrogens (primary N) is 1. The van der Waals surface area contributed by atoms with Crippen LogP contribution in [0.25, 0.3) is 12.4 Å². The average molecular weight is 276 g/mol. The molecule has 2 atom stereocenters. The van der Waals surface area contributed by atoms with Gasteiger partial charge in [-0.2, -0.15) is 0 Å². The predicted molar refractivity (Wildman–Crippen MR) is 83.5 cm³/mol. The molecular formula is C15H24N4O. The van der Waals surface area contributed by atoms with Gasteiger partial charge in [-0.15, -0.1) is 0 Å². The van der Waals surface area contributed by atoms with E-state index in [1.165, 1.54) is 0 Å². The highest BCUT2D eigenvalue weighted by Crippen LogP contribution is 2.25. The number of aliphatic hydroxyl groups is 1. The lowest BCUT2D eigenvalue weighted by atomic mass is 10.1. The Morgan fingerprint density at radius 2 is 2.30 bits per heavy atom. The third-order valence-electron chi connectivity index (χ3n) is 3.15. The Hall–Kier alpha value is -1.88. The van der Waals surface area contributed by atoms with E-state index < -0.39 is 0 Å². The van der Waals surface area contributed by atoms with Gasteiger partial charge in [-0.3, -0.25) is 0 Å². The quantitative estimate of drug-likeness (QED) is 0.625. The first-order valence-corrected chi connectivity index (χ1v) is 6.96. The Balaban J connectivity index is 0.000000956. The van der Waals surface area contributed by atoms with E-state index in [1.807, 2.05) is 24.5 Å². The van der Waals surface area contributed by atoms with E-state index >= 15 is 0 Å². The third-order valence-corrected chi connectivity index (χ3v) is 3.15. The monoisotopic (exact) mass is 276 g/mol. The second-order valence-corrected chi connectivity index (χ2v) is 4.35. The standard InChI is InChI=1S/C13H18N4O.C2H6/c1-3-15-13(14)12-9(2)17(8-16-12)11-5-4-10(6-11)7-18;1-2/h3-5,8,10-11,18H,2,6-7,14H2,1H3;1-2H3/b13-12+,15-3-;/t10-,11-;/m1./s1. The van der Waals surface area contributed by atoms with Crippen molar-refractivity contribution in [2.75, 3.05) is 6.61 Å². The van der Waals surface area contributed by atoms with Crippen LogP contribution in [0.5, 0.6) is 0 Å². The molecule has 0 saturated carbocycles. The molecule has 0 unspecified atom stereocenters. The van der Waals surface area contributed by atoms with Crippen molar-refractivity contribution in [3.63, 3.8) is 0 Å². The normalized spacial score (nSPS) is 22.8. The summed E-state index contributed by atoms with van der Waals surface area (Å²) >= 11 is 0. The summed E-state index contributed by atoms with van der Waals surface area (Å²) in [5.41, 5.74) is 5.82. The summed E-state index contributed by atoms with van der Waals surface area (Å²) in [5, 5.41) is 10.5. The summed E-state index contributed by atoms with van der Waals surface area (Å²) < 4.78 is 1.97. The highest BCUT2D eigenvalue weighted by atomic mass is 16.3. The number of allylic oxidation sites excluding steroid dienone is 1. The number of aliphatic imine (C=N–C) groups is 1. The van der Waals surface area contributed by atoms with Crippen LogP contribution in [0.1, 0.15) is 33.2 Å². The van der Waals surface area contributed by atoms with Gasteiger partial charge in [-0.05, 0) is 13.3 Å². The zero-order valence-corrected chi connectivity index (χ0v) is 12.5. The summed E-state index contributed by atoms with van der Waals surface area (Å²) in [4.78, 5) is 8.28. The molecule has 0 bridgehead atoms. The summed E-state index contributed by atoms with van der Waals surface area (Å²) in [6, 6.07) is 0.189. The van der Waals surface area contributed by atoms with Gasteiger partial charge in [0.05, 0.1) is 17.7 Å². The van der Waals surface area contributed by atoms with Crippen LogP contribution in [0.15, 0.2) is 23.5 Å². The summed E-state index contributed by atoms with van der Waals surface area (Å²) in [5.74, 6) is 0.595. The Morgan fingerprint density at radius 1 is 1.60 bits per heavy atom. The van der Waals surface area contributed by atoms with Crippen LogP contribution in [0.4, 0.5) is 0 Å². The lowest BCUT2D eigenvalue weighted by Gasteiger charge is -2.11. The molecular weight excluding hydrogens is 252 g/mol.